The maximum atomic E-state index is 11.4. The lowest BCUT2D eigenvalue weighted by molar-refractivity contribution is -0.119. The normalized spacial score (nSPS) is 11.5. The lowest BCUT2D eigenvalue weighted by atomic mass is 9.95. The van der Waals surface area contributed by atoms with Gasteiger partial charge in [0.25, 0.3) is 0 Å². The highest BCUT2D eigenvalue weighted by molar-refractivity contribution is 5.82. The highest BCUT2D eigenvalue weighted by Gasteiger charge is 2.18. The first-order valence-corrected chi connectivity index (χ1v) is 6.74. The third-order valence-electron chi connectivity index (χ3n) is 3.60. The number of carbonyl (C=O) groups is 1. The van der Waals surface area contributed by atoms with Crippen LogP contribution in [-0.4, -0.2) is 5.91 Å². The summed E-state index contributed by atoms with van der Waals surface area (Å²) in [5, 5.41) is 3.47. The molecule has 0 radical (unpaired) electrons. The molecule has 4 N–H and O–H groups in total. The van der Waals surface area contributed by atoms with E-state index >= 15 is 0 Å². The van der Waals surface area contributed by atoms with E-state index in [2.05, 4.69) is 10.0 Å². The summed E-state index contributed by atoms with van der Waals surface area (Å²) >= 11 is 0. The van der Waals surface area contributed by atoms with E-state index in [1.807, 2.05) is 44.2 Å². The zero-order chi connectivity index (χ0) is 16.3. The number of rotatable bonds is 4. The Hall–Kier alpha value is -2.98. The molecular weight excluding hydrogens is 278 g/mol. The molecule has 6 heteroatoms. The second-order valence-corrected chi connectivity index (χ2v) is 5.15. The highest BCUT2D eigenvalue weighted by atomic mass is 16.1. The van der Waals surface area contributed by atoms with E-state index in [1.54, 1.807) is 6.07 Å². The third-order valence-corrected chi connectivity index (χ3v) is 3.60. The van der Waals surface area contributed by atoms with E-state index in [-0.39, 0.29) is 0 Å². The van der Waals surface area contributed by atoms with Crippen LogP contribution in [0.15, 0.2) is 41.5 Å². The zero-order valence-corrected chi connectivity index (χ0v) is 12.4. The van der Waals surface area contributed by atoms with Gasteiger partial charge in [0.15, 0.2) is 0 Å². The number of amides is 1. The predicted molar refractivity (Wildman–Crippen MR) is 86.8 cm³/mol. The van der Waals surface area contributed by atoms with Crippen molar-refractivity contribution >= 4 is 11.6 Å². The molecule has 2 rings (SSSR count). The van der Waals surface area contributed by atoms with Crippen LogP contribution in [0.3, 0.4) is 0 Å². The third kappa shape index (κ3) is 3.02. The van der Waals surface area contributed by atoms with Crippen molar-refractivity contribution in [2.45, 2.75) is 19.9 Å². The Kier molecular flexibility index (Phi) is 4.34. The molecule has 0 aliphatic rings. The maximum Gasteiger partial charge on any atom is 0.230 e. The van der Waals surface area contributed by atoms with Crippen molar-refractivity contribution in [1.82, 2.24) is 0 Å². The van der Waals surface area contributed by atoms with Crippen LogP contribution in [0.2, 0.25) is 0 Å². The first-order chi connectivity index (χ1) is 10.4. The van der Waals surface area contributed by atoms with Gasteiger partial charge in [-0.05, 0) is 59.3 Å². The molecular formula is C16H17N5O. The number of azide groups is 1. The summed E-state index contributed by atoms with van der Waals surface area (Å²) < 4.78 is 0. The number of nitrogen functional groups attached to an aromatic ring is 1. The second kappa shape index (κ2) is 6.20. The van der Waals surface area contributed by atoms with E-state index in [9.17, 15) is 4.79 Å². The van der Waals surface area contributed by atoms with E-state index in [4.69, 9.17) is 17.0 Å². The molecule has 6 nitrogen and oxygen atoms in total. The molecule has 0 aliphatic carbocycles. The largest absolute Gasteiger partial charge is 0.399 e. The quantitative estimate of drug-likeness (QED) is 0.389. The van der Waals surface area contributed by atoms with Crippen LogP contribution in [0.5, 0.6) is 0 Å². The lowest BCUT2D eigenvalue weighted by Gasteiger charge is -2.13. The molecule has 1 unspecified atom stereocenters. The number of benzene rings is 2. The summed E-state index contributed by atoms with van der Waals surface area (Å²) in [6.45, 7) is 3.80. The SMILES string of the molecule is Cc1cc(-c2ccc(C(N=[N+]=[N-])C(N)=O)c(C)c2)ccc1N. The van der Waals surface area contributed by atoms with Crippen LogP contribution in [0.25, 0.3) is 21.6 Å². The lowest BCUT2D eigenvalue weighted by Crippen LogP contribution is -2.20. The predicted octanol–water partition coefficient (Wildman–Crippen LogP) is 3.39. The van der Waals surface area contributed by atoms with E-state index in [0.29, 0.717) is 5.56 Å². The number of nitrogens with two attached hydrogens (primary N) is 2. The average molecular weight is 295 g/mol. The minimum atomic E-state index is -0.993. The van der Waals surface area contributed by atoms with Crippen LogP contribution in [0.4, 0.5) is 5.69 Å². The van der Waals surface area contributed by atoms with Gasteiger partial charge in [0.1, 0.15) is 6.04 Å². The minimum absolute atomic E-state index is 0.612. The van der Waals surface area contributed by atoms with Crippen LogP contribution >= 0.6 is 0 Å². The molecule has 0 saturated heterocycles. The van der Waals surface area contributed by atoms with Crippen molar-refractivity contribution in [3.63, 3.8) is 0 Å². The average Bonchev–Trinajstić information content (AvgIpc) is 2.48. The first kappa shape index (κ1) is 15.4. The van der Waals surface area contributed by atoms with Crippen LogP contribution in [0, 0.1) is 13.8 Å². The van der Waals surface area contributed by atoms with Gasteiger partial charge in [0.05, 0.1) is 0 Å². The summed E-state index contributed by atoms with van der Waals surface area (Å²) in [7, 11) is 0. The molecule has 22 heavy (non-hydrogen) atoms. The Morgan fingerprint density at radius 3 is 2.23 bits per heavy atom. The molecule has 1 amide bonds. The van der Waals surface area contributed by atoms with Gasteiger partial charge in [-0.25, -0.2) is 0 Å². The van der Waals surface area contributed by atoms with Gasteiger partial charge in [-0.1, -0.05) is 29.4 Å². The van der Waals surface area contributed by atoms with Crippen LogP contribution < -0.4 is 11.5 Å². The summed E-state index contributed by atoms with van der Waals surface area (Å²) in [6, 6.07) is 10.4. The monoisotopic (exact) mass is 295 g/mol. The van der Waals surface area contributed by atoms with Crippen molar-refractivity contribution in [1.29, 1.82) is 0 Å². The number of carbonyl (C=O) groups excluding carboxylic acids is 1. The number of nitrogens with zero attached hydrogens (tertiary/aromatic N) is 3. The summed E-state index contributed by atoms with van der Waals surface area (Å²) in [5.74, 6) is -0.669. The molecule has 0 spiro atoms. The molecule has 2 aromatic carbocycles. The van der Waals surface area contributed by atoms with E-state index in [0.717, 1.165) is 27.9 Å². The summed E-state index contributed by atoms with van der Waals surface area (Å²) in [6.07, 6.45) is 0. The van der Waals surface area contributed by atoms with Crippen molar-refractivity contribution in [2.75, 3.05) is 5.73 Å². The topological polar surface area (TPSA) is 118 Å². The Morgan fingerprint density at radius 1 is 1.14 bits per heavy atom. The van der Waals surface area contributed by atoms with Crippen molar-refractivity contribution in [3.8, 4) is 11.1 Å². The fraction of sp³-hybridized carbons (Fsp3) is 0.188. The van der Waals surface area contributed by atoms with E-state index in [1.165, 1.54) is 0 Å². The zero-order valence-electron chi connectivity index (χ0n) is 12.4. The molecule has 0 fully saturated rings. The Morgan fingerprint density at radius 2 is 1.73 bits per heavy atom. The molecule has 2 aromatic rings. The minimum Gasteiger partial charge on any atom is -0.399 e. The molecule has 0 aromatic heterocycles. The smallest absolute Gasteiger partial charge is 0.230 e. The number of primary amides is 1. The summed E-state index contributed by atoms with van der Waals surface area (Å²) in [4.78, 5) is 14.1. The van der Waals surface area contributed by atoms with Crippen LogP contribution in [0.1, 0.15) is 22.7 Å². The van der Waals surface area contributed by atoms with Gasteiger partial charge in [-0.3, -0.25) is 4.79 Å². The molecule has 0 saturated carbocycles. The van der Waals surface area contributed by atoms with Gasteiger partial charge >= 0.3 is 0 Å². The first-order valence-electron chi connectivity index (χ1n) is 6.74. The Labute approximate surface area is 128 Å². The molecule has 112 valence electrons. The number of aryl methyl sites for hydroxylation is 2. The number of anilines is 1. The number of hydrogen-bond acceptors (Lipinski definition) is 3. The summed E-state index contributed by atoms with van der Waals surface area (Å²) in [5.41, 5.74) is 24.9. The molecule has 0 bridgehead atoms. The van der Waals surface area contributed by atoms with Gasteiger partial charge in [-0.2, -0.15) is 0 Å². The van der Waals surface area contributed by atoms with Crippen molar-refractivity contribution in [2.24, 2.45) is 10.8 Å². The number of hydrogen-bond donors (Lipinski definition) is 2. The standard InChI is InChI=1S/C16H17N5O/c1-9-7-11(12-4-6-14(17)10(2)8-12)3-5-13(9)15(16(18)22)20-21-19/h3-8,15H,17H2,1-2H3,(H2,18,22). The Balaban J connectivity index is 2.47. The Bertz CT molecular complexity index is 776. The maximum absolute atomic E-state index is 11.4. The second-order valence-electron chi connectivity index (χ2n) is 5.15. The van der Waals surface area contributed by atoms with Crippen LogP contribution in [-0.2, 0) is 4.79 Å². The van der Waals surface area contributed by atoms with Gasteiger partial charge in [0.2, 0.25) is 5.91 Å². The fourth-order valence-corrected chi connectivity index (χ4v) is 2.34. The highest BCUT2D eigenvalue weighted by Crippen LogP contribution is 2.28. The van der Waals surface area contributed by atoms with Gasteiger partial charge in [-0.15, -0.1) is 0 Å². The molecule has 0 aliphatic heterocycles. The fourth-order valence-electron chi connectivity index (χ4n) is 2.34. The molecule has 1 atom stereocenters. The molecule has 0 heterocycles. The van der Waals surface area contributed by atoms with Gasteiger partial charge in [0, 0.05) is 10.6 Å². The van der Waals surface area contributed by atoms with Gasteiger partial charge < -0.3 is 11.5 Å². The van der Waals surface area contributed by atoms with Crippen molar-refractivity contribution < 1.29 is 4.79 Å². The van der Waals surface area contributed by atoms with Crippen molar-refractivity contribution in [3.05, 3.63) is 63.5 Å². The van der Waals surface area contributed by atoms with E-state index < -0.39 is 11.9 Å².